The molecule has 1 aliphatic heterocycles. The molecule has 0 aliphatic carbocycles. The maximum atomic E-state index is 13.5. The molecule has 1 fully saturated rings. The molecule has 3 rings (SSSR count). The molecule has 0 bridgehead atoms. The molecule has 0 saturated carbocycles. The van der Waals surface area contributed by atoms with Gasteiger partial charge in [-0.1, -0.05) is 6.07 Å². The summed E-state index contributed by atoms with van der Waals surface area (Å²) in [7, 11) is 0. The first kappa shape index (κ1) is 16.4. The van der Waals surface area contributed by atoms with Crippen LogP contribution in [0.25, 0.3) is 0 Å². The Morgan fingerprint density at radius 3 is 2.62 bits per heavy atom. The zero-order valence-corrected chi connectivity index (χ0v) is 13.3. The SMILES string of the molecule is Cc1cc(C(=O)N2C[C@H](O)C[C@@H]2c2ccc(F)c(F)c2)nc(C)n1. The quantitative estimate of drug-likeness (QED) is 0.916. The van der Waals surface area contributed by atoms with Gasteiger partial charge in [0.2, 0.25) is 0 Å². The number of halogens is 2. The lowest BCUT2D eigenvalue weighted by atomic mass is 10.0. The molecular formula is C17H17F2N3O2. The fraction of sp³-hybridized carbons (Fsp3) is 0.353. The summed E-state index contributed by atoms with van der Waals surface area (Å²) in [6.07, 6.45) is -0.462. The summed E-state index contributed by atoms with van der Waals surface area (Å²) in [4.78, 5) is 22.5. The summed E-state index contributed by atoms with van der Waals surface area (Å²) in [5.41, 5.74) is 1.33. The number of likely N-dealkylation sites (tertiary alicyclic amines) is 1. The van der Waals surface area contributed by atoms with E-state index in [1.807, 2.05) is 0 Å². The minimum Gasteiger partial charge on any atom is -0.391 e. The van der Waals surface area contributed by atoms with E-state index in [4.69, 9.17) is 0 Å². The van der Waals surface area contributed by atoms with Crippen LogP contribution in [-0.2, 0) is 0 Å². The third-order valence-corrected chi connectivity index (χ3v) is 4.05. The molecule has 1 N–H and O–H groups in total. The van der Waals surface area contributed by atoms with Crippen molar-refractivity contribution in [1.29, 1.82) is 0 Å². The molecule has 1 aromatic heterocycles. The van der Waals surface area contributed by atoms with Crippen LogP contribution in [0.4, 0.5) is 8.78 Å². The fourth-order valence-corrected chi connectivity index (χ4v) is 3.05. The van der Waals surface area contributed by atoms with Crippen molar-refractivity contribution >= 4 is 5.91 Å². The van der Waals surface area contributed by atoms with Gasteiger partial charge in [-0.15, -0.1) is 0 Å². The Labute approximate surface area is 138 Å². The fourth-order valence-electron chi connectivity index (χ4n) is 3.05. The van der Waals surface area contributed by atoms with Gasteiger partial charge in [0.05, 0.1) is 12.1 Å². The standard InChI is InChI=1S/C17H17F2N3O2/c1-9-5-15(21-10(2)20-9)17(24)22-8-12(23)7-16(22)11-3-4-13(18)14(19)6-11/h3-6,12,16,23H,7-8H2,1-2H3/t12-,16-/m1/s1. The van der Waals surface area contributed by atoms with Crippen LogP contribution in [0.1, 0.15) is 40.0 Å². The Bertz CT molecular complexity index is 777. The Hall–Kier alpha value is -2.41. The second kappa shape index (κ2) is 6.24. The number of aryl methyl sites for hydroxylation is 2. The number of rotatable bonds is 2. The third kappa shape index (κ3) is 3.12. The van der Waals surface area contributed by atoms with E-state index < -0.39 is 23.8 Å². The lowest BCUT2D eigenvalue weighted by Crippen LogP contribution is -2.32. The number of carbonyl (C=O) groups excluding carboxylic acids is 1. The van der Waals surface area contributed by atoms with E-state index in [-0.39, 0.29) is 24.6 Å². The molecule has 1 amide bonds. The molecule has 0 unspecified atom stereocenters. The molecule has 2 aromatic rings. The maximum Gasteiger partial charge on any atom is 0.273 e. The first-order valence-corrected chi connectivity index (χ1v) is 7.61. The number of hydrogen-bond donors (Lipinski definition) is 1. The summed E-state index contributed by atoms with van der Waals surface area (Å²) < 4.78 is 26.7. The largest absolute Gasteiger partial charge is 0.391 e. The third-order valence-electron chi connectivity index (χ3n) is 4.05. The number of nitrogens with zero attached hydrogens (tertiary/aromatic N) is 3. The van der Waals surface area contributed by atoms with Gasteiger partial charge in [0.25, 0.3) is 5.91 Å². The smallest absolute Gasteiger partial charge is 0.273 e. The van der Waals surface area contributed by atoms with Crippen molar-refractivity contribution in [3.05, 3.63) is 58.7 Å². The summed E-state index contributed by atoms with van der Waals surface area (Å²) in [5, 5.41) is 9.97. The summed E-state index contributed by atoms with van der Waals surface area (Å²) in [5.74, 6) is -1.82. The molecule has 0 spiro atoms. The number of carbonyl (C=O) groups is 1. The number of hydrogen-bond acceptors (Lipinski definition) is 4. The minimum atomic E-state index is -0.977. The first-order valence-electron chi connectivity index (χ1n) is 7.61. The molecule has 1 saturated heterocycles. The van der Waals surface area contributed by atoms with Gasteiger partial charge in [0.15, 0.2) is 11.6 Å². The topological polar surface area (TPSA) is 66.3 Å². The van der Waals surface area contributed by atoms with Gasteiger partial charge in [-0.25, -0.2) is 18.7 Å². The molecule has 0 radical (unpaired) electrons. The van der Waals surface area contributed by atoms with Crippen LogP contribution in [0, 0.1) is 25.5 Å². The number of β-amino-alcohol motifs (C(OH)–C–C–N with tert-alkyl or cyclic N) is 1. The monoisotopic (exact) mass is 333 g/mol. The molecule has 1 aliphatic rings. The van der Waals surface area contributed by atoms with E-state index in [9.17, 15) is 18.7 Å². The van der Waals surface area contributed by atoms with Gasteiger partial charge in [0, 0.05) is 12.2 Å². The van der Waals surface area contributed by atoms with Gasteiger partial charge in [-0.05, 0) is 44.0 Å². The van der Waals surface area contributed by atoms with Crippen LogP contribution >= 0.6 is 0 Å². The number of aromatic nitrogens is 2. The van der Waals surface area contributed by atoms with Crippen LogP contribution in [0.2, 0.25) is 0 Å². The highest BCUT2D eigenvalue weighted by molar-refractivity contribution is 5.93. The summed E-state index contributed by atoms with van der Waals surface area (Å²) in [6.45, 7) is 3.57. The van der Waals surface area contributed by atoms with Gasteiger partial charge < -0.3 is 10.0 Å². The van der Waals surface area contributed by atoms with E-state index in [2.05, 4.69) is 9.97 Å². The molecular weight excluding hydrogens is 316 g/mol. The molecule has 7 heteroatoms. The highest BCUT2D eigenvalue weighted by Gasteiger charge is 2.36. The molecule has 5 nitrogen and oxygen atoms in total. The Kier molecular flexibility index (Phi) is 4.28. The van der Waals surface area contributed by atoms with E-state index in [1.165, 1.54) is 11.0 Å². The second-order valence-corrected chi connectivity index (χ2v) is 5.98. The van der Waals surface area contributed by atoms with E-state index in [1.54, 1.807) is 19.9 Å². The van der Waals surface area contributed by atoms with Crippen LogP contribution < -0.4 is 0 Å². The lowest BCUT2D eigenvalue weighted by molar-refractivity contribution is 0.0709. The van der Waals surface area contributed by atoms with Gasteiger partial charge in [0.1, 0.15) is 11.5 Å². The lowest BCUT2D eigenvalue weighted by Gasteiger charge is -2.24. The zero-order chi connectivity index (χ0) is 17.4. The number of aliphatic hydroxyl groups excluding tert-OH is 1. The summed E-state index contributed by atoms with van der Waals surface area (Å²) >= 11 is 0. The molecule has 1 aromatic carbocycles. The predicted molar refractivity (Wildman–Crippen MR) is 82.3 cm³/mol. The Morgan fingerprint density at radius 2 is 1.96 bits per heavy atom. The van der Waals surface area contributed by atoms with Gasteiger partial charge >= 0.3 is 0 Å². The average Bonchev–Trinajstić information content (AvgIpc) is 2.90. The minimum absolute atomic E-state index is 0.116. The number of amides is 1. The van der Waals surface area contributed by atoms with Crippen molar-refractivity contribution < 1.29 is 18.7 Å². The van der Waals surface area contributed by atoms with Crippen molar-refractivity contribution in [2.75, 3.05) is 6.54 Å². The first-order chi connectivity index (χ1) is 11.3. The van der Waals surface area contributed by atoms with Crippen LogP contribution in [0.15, 0.2) is 24.3 Å². The molecule has 126 valence electrons. The van der Waals surface area contributed by atoms with Crippen molar-refractivity contribution in [2.45, 2.75) is 32.4 Å². The van der Waals surface area contributed by atoms with Gasteiger partial charge in [-0.3, -0.25) is 4.79 Å². The van der Waals surface area contributed by atoms with Crippen LogP contribution in [-0.4, -0.2) is 38.5 Å². The highest BCUT2D eigenvalue weighted by atomic mass is 19.2. The number of aliphatic hydroxyl groups is 1. The number of benzene rings is 1. The molecule has 2 atom stereocenters. The van der Waals surface area contributed by atoms with E-state index in [0.717, 1.165) is 12.1 Å². The van der Waals surface area contributed by atoms with E-state index in [0.29, 0.717) is 17.1 Å². The predicted octanol–water partition coefficient (Wildman–Crippen LogP) is 2.32. The summed E-state index contributed by atoms with van der Waals surface area (Å²) in [6, 6.07) is 4.56. The molecule has 24 heavy (non-hydrogen) atoms. The van der Waals surface area contributed by atoms with Crippen LogP contribution in [0.5, 0.6) is 0 Å². The maximum absolute atomic E-state index is 13.5. The van der Waals surface area contributed by atoms with Crippen molar-refractivity contribution in [3.8, 4) is 0 Å². The Morgan fingerprint density at radius 1 is 1.21 bits per heavy atom. The van der Waals surface area contributed by atoms with Crippen molar-refractivity contribution in [3.63, 3.8) is 0 Å². The van der Waals surface area contributed by atoms with Crippen molar-refractivity contribution in [2.24, 2.45) is 0 Å². The normalized spacial score (nSPS) is 20.5. The highest BCUT2D eigenvalue weighted by Crippen LogP contribution is 2.33. The van der Waals surface area contributed by atoms with Crippen LogP contribution in [0.3, 0.4) is 0 Å². The van der Waals surface area contributed by atoms with E-state index >= 15 is 0 Å². The zero-order valence-electron chi connectivity index (χ0n) is 13.3. The Balaban J connectivity index is 1.95. The van der Waals surface area contributed by atoms with Crippen molar-refractivity contribution in [1.82, 2.24) is 14.9 Å². The van der Waals surface area contributed by atoms with Gasteiger partial charge in [-0.2, -0.15) is 0 Å². The molecule has 2 heterocycles. The average molecular weight is 333 g/mol. The second-order valence-electron chi connectivity index (χ2n) is 5.98.